The van der Waals surface area contributed by atoms with Gasteiger partial charge in [-0.25, -0.2) is 0 Å². The number of rotatable bonds is 3. The van der Waals surface area contributed by atoms with Crippen molar-refractivity contribution in [3.05, 3.63) is 35.9 Å². The van der Waals surface area contributed by atoms with Crippen LogP contribution in [0.25, 0.3) is 0 Å². The molecule has 4 nitrogen and oxygen atoms in total. The summed E-state index contributed by atoms with van der Waals surface area (Å²) in [5, 5.41) is 0. The van der Waals surface area contributed by atoms with Crippen molar-refractivity contribution in [2.75, 3.05) is 26.2 Å². The van der Waals surface area contributed by atoms with Gasteiger partial charge in [-0.3, -0.25) is 9.69 Å². The zero-order chi connectivity index (χ0) is 16.3. The maximum atomic E-state index is 13.0. The van der Waals surface area contributed by atoms with Crippen molar-refractivity contribution in [2.45, 2.75) is 50.6 Å². The van der Waals surface area contributed by atoms with Crippen LogP contribution in [0.5, 0.6) is 0 Å². The molecule has 1 saturated heterocycles. The smallest absolute Gasteiger partial charge is 0.247 e. The van der Waals surface area contributed by atoms with Crippen LogP contribution in [0.2, 0.25) is 0 Å². The van der Waals surface area contributed by atoms with Crippen molar-refractivity contribution in [2.24, 2.45) is 5.73 Å². The molecule has 0 aromatic heterocycles. The first-order chi connectivity index (χ1) is 11.1. The molecule has 1 aromatic carbocycles. The standard InChI is InChI=1S/C19H29N3O/c1-19(20,16-8-3-2-4-9-16)18(23)22-13-7-12-21(14-15-22)17-10-5-6-11-17/h2-4,8-9,17H,5-7,10-15,20H2,1H3. The van der Waals surface area contributed by atoms with Gasteiger partial charge in [0.2, 0.25) is 5.91 Å². The number of amides is 1. The highest BCUT2D eigenvalue weighted by Gasteiger charge is 2.35. The lowest BCUT2D eigenvalue weighted by Crippen LogP contribution is -2.52. The van der Waals surface area contributed by atoms with Crippen LogP contribution in [0.4, 0.5) is 0 Å². The molecular formula is C19H29N3O. The molecule has 2 aliphatic rings. The molecule has 1 heterocycles. The Kier molecular flexibility index (Phi) is 5.02. The second-order valence-electron chi connectivity index (χ2n) is 7.19. The van der Waals surface area contributed by atoms with Crippen LogP contribution in [0.1, 0.15) is 44.6 Å². The van der Waals surface area contributed by atoms with Crippen LogP contribution in [0.3, 0.4) is 0 Å². The van der Waals surface area contributed by atoms with E-state index in [0.29, 0.717) is 0 Å². The first-order valence-electron chi connectivity index (χ1n) is 8.97. The predicted molar refractivity (Wildman–Crippen MR) is 93.0 cm³/mol. The second kappa shape index (κ2) is 7.02. The lowest BCUT2D eigenvalue weighted by molar-refractivity contribution is -0.136. The normalized spacial score (nSPS) is 23.5. The quantitative estimate of drug-likeness (QED) is 0.931. The van der Waals surface area contributed by atoms with Crippen LogP contribution >= 0.6 is 0 Å². The molecule has 4 heteroatoms. The maximum Gasteiger partial charge on any atom is 0.247 e. The van der Waals surface area contributed by atoms with Crippen LogP contribution in [-0.2, 0) is 10.3 Å². The van der Waals surface area contributed by atoms with Gasteiger partial charge in [0, 0.05) is 32.2 Å². The Hall–Kier alpha value is -1.39. The molecule has 1 aromatic rings. The van der Waals surface area contributed by atoms with Gasteiger partial charge >= 0.3 is 0 Å². The highest BCUT2D eigenvalue weighted by atomic mass is 16.2. The fraction of sp³-hybridized carbons (Fsp3) is 0.632. The van der Waals surface area contributed by atoms with Crippen LogP contribution in [0.15, 0.2) is 30.3 Å². The monoisotopic (exact) mass is 315 g/mol. The Morgan fingerprint density at radius 1 is 1.04 bits per heavy atom. The molecular weight excluding hydrogens is 286 g/mol. The van der Waals surface area contributed by atoms with Gasteiger partial charge in [-0.15, -0.1) is 0 Å². The number of hydrogen-bond donors (Lipinski definition) is 1. The van der Waals surface area contributed by atoms with Gasteiger partial charge in [0.1, 0.15) is 5.54 Å². The van der Waals surface area contributed by atoms with Crippen molar-refractivity contribution in [3.63, 3.8) is 0 Å². The van der Waals surface area contributed by atoms with Crippen LogP contribution in [-0.4, -0.2) is 47.9 Å². The maximum absolute atomic E-state index is 13.0. The number of carbonyl (C=O) groups is 1. The highest BCUT2D eigenvalue weighted by molar-refractivity contribution is 5.87. The van der Waals surface area contributed by atoms with Gasteiger partial charge in [-0.2, -0.15) is 0 Å². The van der Waals surface area contributed by atoms with Crippen LogP contribution < -0.4 is 5.73 Å². The summed E-state index contributed by atoms with van der Waals surface area (Å²) in [5.41, 5.74) is 6.37. The SMILES string of the molecule is CC(N)(C(=O)N1CCCN(C2CCCC2)CC1)c1ccccc1. The predicted octanol–water partition coefficient (Wildman–Crippen LogP) is 2.34. The molecule has 0 spiro atoms. The van der Waals surface area contributed by atoms with Gasteiger partial charge in [0.05, 0.1) is 0 Å². The Balaban J connectivity index is 1.65. The molecule has 0 bridgehead atoms. The van der Waals surface area contributed by atoms with E-state index in [1.165, 1.54) is 25.7 Å². The third-order valence-electron chi connectivity index (χ3n) is 5.48. The van der Waals surface area contributed by atoms with Gasteiger partial charge in [0.15, 0.2) is 0 Å². The number of carbonyl (C=O) groups excluding carboxylic acids is 1. The van der Waals surface area contributed by atoms with E-state index in [4.69, 9.17) is 5.73 Å². The van der Waals surface area contributed by atoms with Crippen molar-refractivity contribution in [1.82, 2.24) is 9.80 Å². The summed E-state index contributed by atoms with van der Waals surface area (Å²) in [6.07, 6.45) is 6.42. The molecule has 1 atom stereocenters. The molecule has 126 valence electrons. The number of hydrogen-bond acceptors (Lipinski definition) is 3. The van der Waals surface area contributed by atoms with E-state index in [-0.39, 0.29) is 5.91 Å². The molecule has 1 aliphatic heterocycles. The summed E-state index contributed by atoms with van der Waals surface area (Å²) < 4.78 is 0. The Labute approximate surface area is 139 Å². The Bertz CT molecular complexity index is 523. The Morgan fingerprint density at radius 3 is 2.43 bits per heavy atom. The van der Waals surface area contributed by atoms with E-state index in [9.17, 15) is 4.79 Å². The van der Waals surface area contributed by atoms with Crippen molar-refractivity contribution in [3.8, 4) is 0 Å². The summed E-state index contributed by atoms with van der Waals surface area (Å²) in [7, 11) is 0. The van der Waals surface area contributed by atoms with Gasteiger partial charge in [-0.05, 0) is 31.7 Å². The molecule has 3 rings (SSSR count). The minimum atomic E-state index is -0.941. The average Bonchev–Trinajstić information content (AvgIpc) is 3.00. The minimum Gasteiger partial charge on any atom is -0.339 e. The average molecular weight is 315 g/mol. The molecule has 2 N–H and O–H groups in total. The van der Waals surface area contributed by atoms with Crippen molar-refractivity contribution in [1.29, 1.82) is 0 Å². The van der Waals surface area contributed by atoms with Crippen molar-refractivity contribution >= 4 is 5.91 Å². The topological polar surface area (TPSA) is 49.6 Å². The van der Waals surface area contributed by atoms with Gasteiger partial charge < -0.3 is 10.6 Å². The third-order valence-corrected chi connectivity index (χ3v) is 5.48. The minimum absolute atomic E-state index is 0.0528. The van der Waals surface area contributed by atoms with Gasteiger partial charge in [0.25, 0.3) is 0 Å². The molecule has 2 fully saturated rings. The summed E-state index contributed by atoms with van der Waals surface area (Å²) in [4.78, 5) is 17.6. The molecule has 1 saturated carbocycles. The van der Waals surface area contributed by atoms with Crippen molar-refractivity contribution < 1.29 is 4.79 Å². The van der Waals surface area contributed by atoms with E-state index in [1.807, 2.05) is 42.2 Å². The zero-order valence-corrected chi connectivity index (χ0v) is 14.2. The van der Waals surface area contributed by atoms with E-state index in [2.05, 4.69) is 4.90 Å². The van der Waals surface area contributed by atoms with E-state index in [1.54, 1.807) is 0 Å². The van der Waals surface area contributed by atoms with Gasteiger partial charge in [-0.1, -0.05) is 43.2 Å². The fourth-order valence-electron chi connectivity index (χ4n) is 4.01. The highest BCUT2D eigenvalue weighted by Crippen LogP contribution is 2.25. The first-order valence-corrected chi connectivity index (χ1v) is 8.97. The summed E-state index contributed by atoms with van der Waals surface area (Å²) in [6.45, 7) is 5.56. The Morgan fingerprint density at radius 2 is 1.74 bits per heavy atom. The molecule has 1 unspecified atom stereocenters. The summed E-state index contributed by atoms with van der Waals surface area (Å²) in [5.74, 6) is 0.0528. The fourth-order valence-corrected chi connectivity index (χ4v) is 4.01. The lowest BCUT2D eigenvalue weighted by atomic mass is 9.91. The lowest BCUT2D eigenvalue weighted by Gasteiger charge is -2.32. The molecule has 1 aliphatic carbocycles. The number of nitrogens with two attached hydrogens (primary N) is 1. The second-order valence-corrected chi connectivity index (χ2v) is 7.19. The summed E-state index contributed by atoms with van der Waals surface area (Å²) in [6, 6.07) is 10.5. The van der Waals surface area contributed by atoms with E-state index in [0.717, 1.165) is 44.2 Å². The number of benzene rings is 1. The molecule has 0 radical (unpaired) electrons. The summed E-state index contributed by atoms with van der Waals surface area (Å²) >= 11 is 0. The zero-order valence-electron chi connectivity index (χ0n) is 14.2. The van der Waals surface area contributed by atoms with Crippen LogP contribution in [0, 0.1) is 0 Å². The first kappa shape index (κ1) is 16.5. The molecule has 1 amide bonds. The van der Waals surface area contributed by atoms with E-state index >= 15 is 0 Å². The number of nitrogens with zero attached hydrogens (tertiary/aromatic N) is 2. The largest absolute Gasteiger partial charge is 0.339 e. The molecule has 23 heavy (non-hydrogen) atoms. The van der Waals surface area contributed by atoms with E-state index < -0.39 is 5.54 Å². The third kappa shape index (κ3) is 3.59.